The third-order valence-corrected chi connectivity index (χ3v) is 4.06. The summed E-state index contributed by atoms with van der Waals surface area (Å²) in [5, 5.41) is 11.1. The Hall–Kier alpha value is -2.15. The topological polar surface area (TPSA) is 89.8 Å². The molecule has 1 saturated heterocycles. The Bertz CT molecular complexity index is 634. The third kappa shape index (κ3) is 4.19. The van der Waals surface area contributed by atoms with Crippen molar-refractivity contribution in [2.24, 2.45) is 0 Å². The highest BCUT2D eigenvalue weighted by Crippen LogP contribution is 2.23. The lowest BCUT2D eigenvalue weighted by Crippen LogP contribution is -2.44. The fourth-order valence-corrected chi connectivity index (χ4v) is 2.76. The summed E-state index contributed by atoms with van der Waals surface area (Å²) in [5.74, 6) is -1.23. The van der Waals surface area contributed by atoms with Crippen molar-refractivity contribution in [3.05, 3.63) is 38.9 Å². The molecule has 1 fully saturated rings. The van der Waals surface area contributed by atoms with Crippen LogP contribution < -0.4 is 0 Å². The maximum absolute atomic E-state index is 12.1. The fourth-order valence-electron chi connectivity index (χ4n) is 2.59. The molecule has 1 aliphatic rings. The molecule has 0 spiro atoms. The van der Waals surface area contributed by atoms with Crippen LogP contribution in [0.4, 0.5) is 5.69 Å². The molecular formula is C15H17ClN2O5. The van der Waals surface area contributed by atoms with Gasteiger partial charge in [-0.25, -0.2) is 4.79 Å². The van der Waals surface area contributed by atoms with Crippen LogP contribution in [0.25, 0.3) is 0 Å². The van der Waals surface area contributed by atoms with Crippen LogP contribution in [0.3, 0.4) is 0 Å². The SMILES string of the molecule is C[C@@H]1CCCCN1C(=O)COC(=O)c1cc(Cl)ccc1[N+](=O)[O-]. The molecule has 0 aromatic heterocycles. The van der Waals surface area contributed by atoms with E-state index in [4.69, 9.17) is 16.3 Å². The number of amides is 1. The number of ether oxygens (including phenoxy) is 1. The van der Waals surface area contributed by atoms with Gasteiger partial charge in [0.1, 0.15) is 5.56 Å². The van der Waals surface area contributed by atoms with Gasteiger partial charge in [-0.15, -0.1) is 0 Å². The van der Waals surface area contributed by atoms with E-state index in [1.54, 1.807) is 4.90 Å². The number of piperidine rings is 1. The average Bonchev–Trinajstić information content (AvgIpc) is 2.52. The molecule has 1 aromatic rings. The zero-order valence-electron chi connectivity index (χ0n) is 12.7. The predicted molar refractivity (Wildman–Crippen MR) is 83.4 cm³/mol. The second-order valence-electron chi connectivity index (χ2n) is 5.43. The largest absolute Gasteiger partial charge is 0.452 e. The van der Waals surface area contributed by atoms with Gasteiger partial charge in [-0.3, -0.25) is 14.9 Å². The molecular weight excluding hydrogens is 324 g/mol. The maximum atomic E-state index is 12.1. The summed E-state index contributed by atoms with van der Waals surface area (Å²) < 4.78 is 4.94. The van der Waals surface area contributed by atoms with E-state index in [9.17, 15) is 19.7 Å². The summed E-state index contributed by atoms with van der Waals surface area (Å²) in [6.07, 6.45) is 2.91. The number of hydrogen-bond acceptors (Lipinski definition) is 5. The number of carbonyl (C=O) groups is 2. The number of benzene rings is 1. The molecule has 23 heavy (non-hydrogen) atoms. The number of nitro benzene ring substituents is 1. The van der Waals surface area contributed by atoms with Crippen LogP contribution in [0, 0.1) is 10.1 Å². The highest BCUT2D eigenvalue weighted by Gasteiger charge is 2.26. The number of carbonyl (C=O) groups excluding carboxylic acids is 2. The van der Waals surface area contributed by atoms with Crippen LogP contribution >= 0.6 is 11.6 Å². The number of rotatable bonds is 4. The lowest BCUT2D eigenvalue weighted by molar-refractivity contribution is -0.385. The van der Waals surface area contributed by atoms with Gasteiger partial charge in [0.05, 0.1) is 4.92 Å². The second-order valence-corrected chi connectivity index (χ2v) is 5.86. The highest BCUT2D eigenvalue weighted by molar-refractivity contribution is 6.31. The Morgan fingerprint density at radius 2 is 2.17 bits per heavy atom. The molecule has 0 saturated carbocycles. The van der Waals surface area contributed by atoms with E-state index < -0.39 is 23.2 Å². The van der Waals surface area contributed by atoms with E-state index in [2.05, 4.69) is 0 Å². The number of esters is 1. The van der Waals surface area contributed by atoms with Crippen LogP contribution in [-0.2, 0) is 9.53 Å². The molecule has 1 atom stereocenters. The van der Waals surface area contributed by atoms with E-state index in [1.165, 1.54) is 6.07 Å². The Morgan fingerprint density at radius 1 is 1.43 bits per heavy atom. The van der Waals surface area contributed by atoms with Gasteiger partial charge in [0.25, 0.3) is 11.6 Å². The molecule has 1 aromatic carbocycles. The van der Waals surface area contributed by atoms with Gasteiger partial charge in [0.2, 0.25) is 0 Å². The molecule has 0 unspecified atom stereocenters. The number of likely N-dealkylation sites (tertiary alicyclic amines) is 1. The summed E-state index contributed by atoms with van der Waals surface area (Å²) in [5.41, 5.74) is -0.666. The zero-order chi connectivity index (χ0) is 17.0. The van der Waals surface area contributed by atoms with Gasteiger partial charge in [-0.1, -0.05) is 11.6 Å². The van der Waals surface area contributed by atoms with Gasteiger partial charge >= 0.3 is 5.97 Å². The monoisotopic (exact) mass is 340 g/mol. The average molecular weight is 341 g/mol. The fraction of sp³-hybridized carbons (Fsp3) is 0.467. The van der Waals surface area contributed by atoms with Crippen LogP contribution in [-0.4, -0.2) is 40.9 Å². The van der Waals surface area contributed by atoms with Crippen molar-refractivity contribution >= 4 is 29.2 Å². The zero-order valence-corrected chi connectivity index (χ0v) is 13.4. The minimum atomic E-state index is -0.933. The van der Waals surface area contributed by atoms with Gasteiger partial charge in [-0.2, -0.15) is 0 Å². The van der Waals surface area contributed by atoms with Crippen LogP contribution in [0.5, 0.6) is 0 Å². The predicted octanol–water partition coefficient (Wildman–Crippen LogP) is 2.81. The lowest BCUT2D eigenvalue weighted by atomic mass is 10.0. The van der Waals surface area contributed by atoms with Crippen molar-refractivity contribution in [2.45, 2.75) is 32.2 Å². The molecule has 0 N–H and O–H groups in total. The van der Waals surface area contributed by atoms with Crippen LogP contribution in [0.15, 0.2) is 18.2 Å². The van der Waals surface area contributed by atoms with Crippen molar-refractivity contribution < 1.29 is 19.2 Å². The summed E-state index contributed by atoms with van der Waals surface area (Å²) in [7, 11) is 0. The normalized spacial score (nSPS) is 17.7. The number of halogens is 1. The molecule has 1 aliphatic heterocycles. The van der Waals surface area contributed by atoms with Gasteiger partial charge in [0.15, 0.2) is 6.61 Å². The first-order valence-electron chi connectivity index (χ1n) is 7.30. The molecule has 0 radical (unpaired) electrons. The standard InChI is InChI=1S/C15H17ClN2O5/c1-10-4-2-3-7-17(10)14(19)9-23-15(20)12-8-11(16)5-6-13(12)18(21)22/h5-6,8,10H,2-4,7,9H2,1H3/t10-/m1/s1. The third-order valence-electron chi connectivity index (χ3n) is 3.83. The first kappa shape index (κ1) is 17.2. The van der Waals surface area contributed by atoms with E-state index in [0.29, 0.717) is 6.54 Å². The minimum absolute atomic E-state index is 0.107. The molecule has 0 bridgehead atoms. The van der Waals surface area contributed by atoms with Crippen LogP contribution in [0.1, 0.15) is 36.5 Å². The van der Waals surface area contributed by atoms with Gasteiger partial charge in [-0.05, 0) is 38.3 Å². The minimum Gasteiger partial charge on any atom is -0.452 e. The van der Waals surface area contributed by atoms with Gasteiger partial charge < -0.3 is 9.64 Å². The Labute approximate surface area is 138 Å². The van der Waals surface area contributed by atoms with E-state index in [0.717, 1.165) is 31.4 Å². The molecule has 1 amide bonds. The first-order valence-corrected chi connectivity index (χ1v) is 7.68. The quantitative estimate of drug-likeness (QED) is 0.477. The molecule has 1 heterocycles. The summed E-state index contributed by atoms with van der Waals surface area (Å²) >= 11 is 5.76. The van der Waals surface area contributed by atoms with Crippen molar-refractivity contribution in [2.75, 3.05) is 13.2 Å². The number of hydrogen-bond donors (Lipinski definition) is 0. The molecule has 0 aliphatic carbocycles. The Kier molecular flexibility index (Phi) is 5.54. The molecule has 124 valence electrons. The maximum Gasteiger partial charge on any atom is 0.345 e. The van der Waals surface area contributed by atoms with Crippen molar-refractivity contribution in [3.63, 3.8) is 0 Å². The summed E-state index contributed by atoms with van der Waals surface area (Å²) in [6, 6.07) is 3.72. The van der Waals surface area contributed by atoms with E-state index in [-0.39, 0.29) is 22.5 Å². The highest BCUT2D eigenvalue weighted by atomic mass is 35.5. The molecule has 2 rings (SSSR count). The summed E-state index contributed by atoms with van der Waals surface area (Å²) in [6.45, 7) is 2.14. The summed E-state index contributed by atoms with van der Waals surface area (Å²) in [4.78, 5) is 36.1. The van der Waals surface area contributed by atoms with Gasteiger partial charge in [0, 0.05) is 23.7 Å². The number of nitrogens with zero attached hydrogens (tertiary/aromatic N) is 2. The van der Waals surface area contributed by atoms with Crippen LogP contribution in [0.2, 0.25) is 5.02 Å². The number of nitro groups is 1. The Morgan fingerprint density at radius 3 is 2.83 bits per heavy atom. The van der Waals surface area contributed by atoms with Crippen molar-refractivity contribution in [1.82, 2.24) is 4.90 Å². The second kappa shape index (κ2) is 7.41. The Balaban J connectivity index is 2.03. The first-order chi connectivity index (χ1) is 10.9. The van der Waals surface area contributed by atoms with Crippen molar-refractivity contribution in [3.8, 4) is 0 Å². The van der Waals surface area contributed by atoms with Crippen molar-refractivity contribution in [1.29, 1.82) is 0 Å². The smallest absolute Gasteiger partial charge is 0.345 e. The van der Waals surface area contributed by atoms with E-state index >= 15 is 0 Å². The van der Waals surface area contributed by atoms with E-state index in [1.807, 2.05) is 6.92 Å². The lowest BCUT2D eigenvalue weighted by Gasteiger charge is -2.33. The molecule has 8 heteroatoms. The molecule has 7 nitrogen and oxygen atoms in total.